The molecule has 1 amide bonds. The molecular formula is C26H34N2O8. The van der Waals surface area contributed by atoms with E-state index in [1.54, 1.807) is 0 Å². The highest BCUT2D eigenvalue weighted by Crippen LogP contribution is 2.29. The van der Waals surface area contributed by atoms with Gasteiger partial charge < -0.3 is 29.0 Å². The molecule has 2 aromatic rings. The maximum Gasteiger partial charge on any atom is 0.328 e. The molecule has 0 aliphatic heterocycles. The number of benzene rings is 1. The van der Waals surface area contributed by atoms with E-state index in [-0.39, 0.29) is 29.2 Å². The zero-order chi connectivity index (χ0) is 26.7. The summed E-state index contributed by atoms with van der Waals surface area (Å²) < 4.78 is 27.0. The molecule has 0 unspecified atom stereocenters. The van der Waals surface area contributed by atoms with Gasteiger partial charge in [0, 0.05) is 19.2 Å². The maximum atomic E-state index is 12.9. The lowest BCUT2D eigenvalue weighted by molar-refractivity contribution is -0.163. The lowest BCUT2D eigenvalue weighted by atomic mass is 10.0. The molecule has 36 heavy (non-hydrogen) atoms. The number of nitrogens with one attached hydrogen (secondary N) is 1. The van der Waals surface area contributed by atoms with Crippen LogP contribution in [0.1, 0.15) is 50.7 Å². The van der Waals surface area contributed by atoms with Gasteiger partial charge in [0.2, 0.25) is 6.79 Å². The van der Waals surface area contributed by atoms with Gasteiger partial charge in [-0.25, -0.2) is 9.78 Å². The lowest BCUT2D eigenvalue weighted by Crippen LogP contribution is -2.44. The minimum absolute atomic E-state index is 0.0241. The second-order valence-corrected chi connectivity index (χ2v) is 8.43. The summed E-state index contributed by atoms with van der Waals surface area (Å²) in [7, 11) is 1.39. The molecule has 0 aliphatic carbocycles. The first-order valence-electron chi connectivity index (χ1n) is 11.6. The second-order valence-electron chi connectivity index (χ2n) is 8.43. The minimum atomic E-state index is -0.991. The summed E-state index contributed by atoms with van der Waals surface area (Å²) in [4.78, 5) is 40.8. The number of nitrogens with zero attached hydrogens (tertiary/aromatic N) is 1. The average Bonchev–Trinajstić information content (AvgIpc) is 2.85. The summed E-state index contributed by atoms with van der Waals surface area (Å²) in [6.45, 7) is 8.37. The third-order valence-corrected chi connectivity index (χ3v) is 5.20. The highest BCUT2D eigenvalue weighted by Gasteiger charge is 2.30. The van der Waals surface area contributed by atoms with Gasteiger partial charge >= 0.3 is 11.9 Å². The van der Waals surface area contributed by atoms with Gasteiger partial charge in [-0.05, 0) is 25.3 Å². The Balaban J connectivity index is 2.03. The Labute approximate surface area is 211 Å². The molecular weight excluding hydrogens is 468 g/mol. The summed E-state index contributed by atoms with van der Waals surface area (Å²) in [6, 6.07) is 10.2. The predicted molar refractivity (Wildman–Crippen MR) is 130 cm³/mol. The fraction of sp³-hybridized carbons (Fsp3) is 0.462. The van der Waals surface area contributed by atoms with Crippen LogP contribution in [0.2, 0.25) is 0 Å². The standard InChI is InChI=1S/C26H34N2O8/c1-16(2)23(18(4)33-14-20-10-8-7-9-11-20)36-26(31)17(3)28-25(30)22-24(35-15-34-19(5)29)21(32-6)12-13-27-22/h7-13,16-18,23H,14-15H2,1-6H3,(H,28,30)/t17-,18-,23+/m0/s1. The van der Waals surface area contributed by atoms with E-state index in [1.807, 2.05) is 51.1 Å². The third-order valence-electron chi connectivity index (χ3n) is 5.20. The zero-order valence-electron chi connectivity index (χ0n) is 21.5. The second kappa shape index (κ2) is 14.0. The Morgan fingerprint density at radius 1 is 1.03 bits per heavy atom. The molecule has 1 aromatic heterocycles. The largest absolute Gasteiger partial charge is 0.493 e. The highest BCUT2D eigenvalue weighted by atomic mass is 16.7. The summed E-state index contributed by atoms with van der Waals surface area (Å²) in [5.74, 6) is -1.71. The molecule has 2 rings (SSSR count). The van der Waals surface area contributed by atoms with E-state index in [1.165, 1.54) is 33.2 Å². The fourth-order valence-corrected chi connectivity index (χ4v) is 3.29. The number of methoxy groups -OCH3 is 1. The molecule has 10 nitrogen and oxygen atoms in total. The monoisotopic (exact) mass is 502 g/mol. The Hall–Kier alpha value is -3.66. The van der Waals surface area contributed by atoms with Crippen molar-refractivity contribution < 1.29 is 38.1 Å². The number of carbonyl (C=O) groups is 3. The Morgan fingerprint density at radius 3 is 2.33 bits per heavy atom. The number of rotatable bonds is 13. The van der Waals surface area contributed by atoms with Crippen molar-refractivity contribution in [1.82, 2.24) is 10.3 Å². The van der Waals surface area contributed by atoms with Crippen LogP contribution in [0.25, 0.3) is 0 Å². The molecule has 10 heteroatoms. The fourth-order valence-electron chi connectivity index (χ4n) is 3.29. The lowest BCUT2D eigenvalue weighted by Gasteiger charge is -2.28. The van der Waals surface area contributed by atoms with Crippen molar-refractivity contribution in [3.8, 4) is 11.5 Å². The molecule has 1 N–H and O–H groups in total. The van der Waals surface area contributed by atoms with Crippen molar-refractivity contribution in [2.45, 2.75) is 59.5 Å². The van der Waals surface area contributed by atoms with Gasteiger partial charge in [0.15, 0.2) is 17.2 Å². The van der Waals surface area contributed by atoms with Crippen LogP contribution in [0.4, 0.5) is 0 Å². The molecule has 0 saturated carbocycles. The van der Waals surface area contributed by atoms with E-state index in [0.717, 1.165) is 5.56 Å². The van der Waals surface area contributed by atoms with Crippen LogP contribution in [0.15, 0.2) is 42.6 Å². The minimum Gasteiger partial charge on any atom is -0.493 e. The molecule has 0 spiro atoms. The Kier molecular flexibility index (Phi) is 11.1. The first-order valence-corrected chi connectivity index (χ1v) is 11.6. The topological polar surface area (TPSA) is 122 Å². The number of hydrogen-bond donors (Lipinski definition) is 1. The third kappa shape index (κ3) is 8.53. The van der Waals surface area contributed by atoms with Crippen LogP contribution in [-0.2, 0) is 30.4 Å². The summed E-state index contributed by atoms with van der Waals surface area (Å²) in [5.41, 5.74) is 0.873. The normalized spacial score (nSPS) is 13.3. The van der Waals surface area contributed by atoms with Gasteiger partial charge in [0.25, 0.3) is 5.91 Å². The average molecular weight is 503 g/mol. The van der Waals surface area contributed by atoms with E-state index in [2.05, 4.69) is 10.3 Å². The van der Waals surface area contributed by atoms with Crippen molar-refractivity contribution in [2.75, 3.05) is 13.9 Å². The number of aromatic nitrogens is 1. The molecule has 1 aromatic carbocycles. The van der Waals surface area contributed by atoms with Crippen molar-refractivity contribution in [3.63, 3.8) is 0 Å². The van der Waals surface area contributed by atoms with E-state index in [9.17, 15) is 14.4 Å². The van der Waals surface area contributed by atoms with Gasteiger partial charge in [-0.3, -0.25) is 9.59 Å². The molecule has 196 valence electrons. The first-order chi connectivity index (χ1) is 17.1. The predicted octanol–water partition coefficient (Wildman–Crippen LogP) is 3.28. The number of amides is 1. The van der Waals surface area contributed by atoms with Crippen LogP contribution in [-0.4, -0.2) is 55.0 Å². The molecule has 3 atom stereocenters. The maximum absolute atomic E-state index is 12.9. The van der Waals surface area contributed by atoms with Gasteiger partial charge in [-0.15, -0.1) is 0 Å². The highest BCUT2D eigenvalue weighted by molar-refractivity contribution is 5.98. The molecule has 0 bridgehead atoms. The SMILES string of the molecule is COc1ccnc(C(=O)N[C@@H](C)C(=O)O[C@H](C(C)C)[C@H](C)OCc2ccccc2)c1OCOC(C)=O. The van der Waals surface area contributed by atoms with E-state index >= 15 is 0 Å². The molecule has 1 heterocycles. The molecule has 0 radical (unpaired) electrons. The zero-order valence-corrected chi connectivity index (χ0v) is 21.5. The number of esters is 2. The van der Waals surface area contributed by atoms with Gasteiger partial charge in [-0.1, -0.05) is 44.2 Å². The van der Waals surface area contributed by atoms with Crippen molar-refractivity contribution in [3.05, 3.63) is 53.9 Å². The summed E-state index contributed by atoms with van der Waals surface area (Å²) in [5, 5.41) is 2.57. The van der Waals surface area contributed by atoms with Crippen LogP contribution >= 0.6 is 0 Å². The van der Waals surface area contributed by atoms with Gasteiger partial charge in [0.1, 0.15) is 12.1 Å². The van der Waals surface area contributed by atoms with Gasteiger partial charge in [0.05, 0.1) is 19.8 Å². The van der Waals surface area contributed by atoms with Crippen LogP contribution in [0.3, 0.4) is 0 Å². The quantitative estimate of drug-likeness (QED) is 0.325. The number of carbonyl (C=O) groups excluding carboxylic acids is 3. The number of hydrogen-bond acceptors (Lipinski definition) is 9. The van der Waals surface area contributed by atoms with Crippen LogP contribution in [0, 0.1) is 5.92 Å². The van der Waals surface area contributed by atoms with Crippen LogP contribution < -0.4 is 14.8 Å². The Bertz CT molecular complexity index is 1010. The van der Waals surface area contributed by atoms with E-state index in [0.29, 0.717) is 6.61 Å². The summed E-state index contributed by atoms with van der Waals surface area (Å²) >= 11 is 0. The van der Waals surface area contributed by atoms with Gasteiger partial charge in [-0.2, -0.15) is 0 Å². The molecule has 0 fully saturated rings. The first kappa shape index (κ1) is 28.6. The molecule has 0 aliphatic rings. The Morgan fingerprint density at radius 2 is 1.72 bits per heavy atom. The van der Waals surface area contributed by atoms with Crippen molar-refractivity contribution >= 4 is 17.8 Å². The summed E-state index contributed by atoms with van der Waals surface area (Å²) in [6.07, 6.45) is 0.451. The van der Waals surface area contributed by atoms with Crippen molar-refractivity contribution in [2.24, 2.45) is 5.92 Å². The van der Waals surface area contributed by atoms with E-state index in [4.69, 9.17) is 23.7 Å². The van der Waals surface area contributed by atoms with Crippen molar-refractivity contribution in [1.29, 1.82) is 0 Å². The molecule has 0 saturated heterocycles. The number of ether oxygens (including phenoxy) is 5. The smallest absolute Gasteiger partial charge is 0.328 e. The van der Waals surface area contributed by atoms with Crippen LogP contribution in [0.5, 0.6) is 11.5 Å². The number of pyridine rings is 1. The van der Waals surface area contributed by atoms with E-state index < -0.39 is 36.8 Å².